The predicted octanol–water partition coefficient (Wildman–Crippen LogP) is 2.82. The maximum Gasteiger partial charge on any atom is 0.196 e. The number of H-pyrrole nitrogens is 1. The highest BCUT2D eigenvalue weighted by molar-refractivity contribution is 7.99. The fourth-order valence-electron chi connectivity index (χ4n) is 5.75. The Bertz CT molecular complexity index is 1620. The number of pyridine rings is 1. The van der Waals surface area contributed by atoms with Crippen LogP contribution in [-0.4, -0.2) is 79.2 Å². The van der Waals surface area contributed by atoms with Gasteiger partial charge in [0.15, 0.2) is 10.6 Å². The molecule has 4 aromatic heterocycles. The minimum atomic E-state index is 0.115. The summed E-state index contributed by atoms with van der Waals surface area (Å²) in [7, 11) is 0. The Balaban J connectivity index is 1.27. The number of hydrogen-bond donors (Lipinski definition) is 4. The van der Waals surface area contributed by atoms with Gasteiger partial charge in [-0.3, -0.25) is 5.41 Å². The molecule has 6 N–H and O–H groups in total. The third-order valence-electron chi connectivity index (χ3n) is 7.88. The van der Waals surface area contributed by atoms with Crippen molar-refractivity contribution in [1.29, 1.82) is 5.41 Å². The molecule has 0 spiro atoms. The molecule has 212 valence electrons. The van der Waals surface area contributed by atoms with E-state index in [1.807, 2.05) is 17.6 Å². The summed E-state index contributed by atoms with van der Waals surface area (Å²) >= 11 is 8.17. The van der Waals surface area contributed by atoms with E-state index in [1.54, 1.807) is 6.20 Å². The number of nitrogens with two attached hydrogens (primary N) is 2. The maximum atomic E-state index is 8.83. The van der Waals surface area contributed by atoms with Crippen molar-refractivity contribution in [2.24, 2.45) is 11.5 Å². The molecule has 2 atom stereocenters. The number of hydrogen-bond acceptors (Lipinski definition) is 10. The Labute approximate surface area is 242 Å². The quantitative estimate of drug-likeness (QED) is 0.230. The monoisotopic (exact) mass is 581 g/mol. The number of nitrogens with zero attached hydrogens (tertiary/aromatic N) is 7. The average molecular weight is 582 g/mol. The average Bonchev–Trinajstić information content (AvgIpc) is 3.63. The van der Waals surface area contributed by atoms with Gasteiger partial charge in [0, 0.05) is 55.0 Å². The lowest BCUT2D eigenvalue weighted by Crippen LogP contribution is -2.30. The van der Waals surface area contributed by atoms with Crippen LogP contribution in [0.4, 0.5) is 5.82 Å². The lowest BCUT2D eigenvalue weighted by atomic mass is 10.3. The molecule has 2 aliphatic rings. The second-order valence-electron chi connectivity index (χ2n) is 10.8. The molecule has 2 aliphatic heterocycles. The van der Waals surface area contributed by atoms with Crippen molar-refractivity contribution in [3.8, 4) is 0 Å². The Kier molecular flexibility index (Phi) is 7.71. The van der Waals surface area contributed by atoms with Crippen LogP contribution in [0.15, 0.2) is 22.3 Å². The molecular weight excluding hydrogens is 546 g/mol. The van der Waals surface area contributed by atoms with E-state index in [4.69, 9.17) is 43.4 Å². The van der Waals surface area contributed by atoms with Gasteiger partial charge in [0.25, 0.3) is 0 Å². The molecule has 0 amide bonds. The highest BCUT2D eigenvalue weighted by Crippen LogP contribution is 2.37. The highest BCUT2D eigenvalue weighted by Gasteiger charge is 2.26. The van der Waals surface area contributed by atoms with Gasteiger partial charge in [-0.2, -0.15) is 0 Å². The zero-order valence-electron chi connectivity index (χ0n) is 23.0. The summed E-state index contributed by atoms with van der Waals surface area (Å²) in [6.45, 7) is 9.29. The summed E-state index contributed by atoms with van der Waals surface area (Å²) in [6, 6.07) is 2.36. The number of fused-ring (bicyclic) bond motifs is 2. The number of rotatable bonds is 8. The van der Waals surface area contributed by atoms with Crippen LogP contribution in [0.25, 0.3) is 22.1 Å². The Morgan fingerprint density at radius 1 is 1.12 bits per heavy atom. The van der Waals surface area contributed by atoms with Crippen LogP contribution in [0, 0.1) is 12.3 Å². The van der Waals surface area contributed by atoms with Crippen LogP contribution in [-0.2, 0) is 13.0 Å². The number of aromatic nitrogens is 6. The molecule has 2 saturated heterocycles. The molecule has 6 rings (SSSR count). The van der Waals surface area contributed by atoms with Gasteiger partial charge in [-0.25, -0.2) is 19.9 Å². The van der Waals surface area contributed by atoms with Crippen LogP contribution in [0.3, 0.4) is 0 Å². The Morgan fingerprint density at radius 2 is 1.93 bits per heavy atom. The fraction of sp³-hybridized carbons (Fsp3) is 0.519. The minimum absolute atomic E-state index is 0.115. The summed E-state index contributed by atoms with van der Waals surface area (Å²) in [4.78, 5) is 28.0. The van der Waals surface area contributed by atoms with Gasteiger partial charge in [-0.1, -0.05) is 18.5 Å². The van der Waals surface area contributed by atoms with Gasteiger partial charge in [0.1, 0.15) is 22.8 Å². The highest BCUT2D eigenvalue weighted by atomic mass is 35.5. The minimum Gasteiger partial charge on any atom is -0.354 e. The van der Waals surface area contributed by atoms with E-state index in [1.165, 1.54) is 11.8 Å². The smallest absolute Gasteiger partial charge is 0.196 e. The molecule has 2 fully saturated rings. The molecular formula is C27H36ClN11S. The van der Waals surface area contributed by atoms with E-state index in [2.05, 4.69) is 26.7 Å². The first-order valence-electron chi connectivity index (χ1n) is 14.0. The van der Waals surface area contributed by atoms with E-state index in [-0.39, 0.29) is 12.1 Å². The van der Waals surface area contributed by atoms with Crippen molar-refractivity contribution >= 4 is 51.2 Å². The standard InChI is InChI=1S/C27H36ClN11S/c1-3-19-22(28)21-25(34-19)35-27(36-26(21)38-10-6-17(30)14-38)40-18-11-20-23(32-12-18)24(31)39(15(2)33-20)8-4-7-37-9-5-16(29)13-37/h11-12,16-17,31H,3-10,13-14,29-30H2,1-2H3,(H,34,35,36). The number of anilines is 1. The van der Waals surface area contributed by atoms with Gasteiger partial charge >= 0.3 is 0 Å². The Morgan fingerprint density at radius 3 is 2.65 bits per heavy atom. The van der Waals surface area contributed by atoms with Crippen molar-refractivity contribution < 1.29 is 0 Å². The van der Waals surface area contributed by atoms with Gasteiger partial charge < -0.3 is 30.8 Å². The number of aromatic amines is 1. The van der Waals surface area contributed by atoms with E-state index >= 15 is 0 Å². The van der Waals surface area contributed by atoms with Gasteiger partial charge in [0.05, 0.1) is 15.9 Å². The molecule has 40 heavy (non-hydrogen) atoms. The Hall–Kier alpha value is -2.77. The normalized spacial score (nSPS) is 20.0. The maximum absolute atomic E-state index is 8.83. The lowest BCUT2D eigenvalue weighted by Gasteiger charge is -2.18. The van der Waals surface area contributed by atoms with E-state index in [9.17, 15) is 0 Å². The number of halogens is 1. The molecule has 11 nitrogen and oxygen atoms in total. The molecule has 6 heterocycles. The third kappa shape index (κ3) is 5.30. The van der Waals surface area contributed by atoms with Crippen LogP contribution in [0.5, 0.6) is 0 Å². The molecule has 2 unspecified atom stereocenters. The molecule has 0 radical (unpaired) electrons. The molecule has 13 heteroatoms. The second kappa shape index (κ2) is 11.2. The second-order valence-corrected chi connectivity index (χ2v) is 12.2. The van der Waals surface area contributed by atoms with Crippen LogP contribution in [0.2, 0.25) is 5.02 Å². The van der Waals surface area contributed by atoms with Crippen molar-refractivity contribution in [2.75, 3.05) is 37.6 Å². The molecule has 0 saturated carbocycles. The summed E-state index contributed by atoms with van der Waals surface area (Å²) in [5.41, 5.74) is 15.6. The zero-order valence-corrected chi connectivity index (χ0v) is 24.5. The SMILES string of the molecule is CCc1[nH]c2nc(Sc3cnc4c(=N)n(CCCN5CCC(N)C5)c(C)nc4c3)nc(N3CCC(N)C3)c2c1Cl. The van der Waals surface area contributed by atoms with Gasteiger partial charge in [-0.05, 0) is 63.5 Å². The molecule has 0 aliphatic carbocycles. The summed E-state index contributed by atoms with van der Waals surface area (Å²) in [5.74, 6) is 1.62. The van der Waals surface area contributed by atoms with Crippen molar-refractivity contribution in [1.82, 2.24) is 34.4 Å². The van der Waals surface area contributed by atoms with Gasteiger partial charge in [-0.15, -0.1) is 0 Å². The van der Waals surface area contributed by atoms with Crippen molar-refractivity contribution in [3.63, 3.8) is 0 Å². The van der Waals surface area contributed by atoms with Gasteiger partial charge in [0.2, 0.25) is 0 Å². The van der Waals surface area contributed by atoms with E-state index in [0.29, 0.717) is 26.7 Å². The summed E-state index contributed by atoms with van der Waals surface area (Å²) < 4.78 is 1.95. The lowest BCUT2D eigenvalue weighted by molar-refractivity contribution is 0.319. The summed E-state index contributed by atoms with van der Waals surface area (Å²) in [6.07, 6.45) is 5.47. The largest absolute Gasteiger partial charge is 0.354 e. The van der Waals surface area contributed by atoms with Crippen molar-refractivity contribution in [3.05, 3.63) is 34.3 Å². The van der Waals surface area contributed by atoms with Crippen molar-refractivity contribution in [2.45, 2.75) is 68.2 Å². The molecule has 0 bridgehead atoms. The summed E-state index contributed by atoms with van der Waals surface area (Å²) in [5, 5.41) is 10.9. The van der Waals surface area contributed by atoms with E-state index < -0.39 is 0 Å². The van der Waals surface area contributed by atoms with Crippen LogP contribution in [0.1, 0.15) is 37.7 Å². The topological polar surface area (TPSA) is 155 Å². The number of aryl methyl sites for hydroxylation is 2. The molecule has 4 aromatic rings. The van der Waals surface area contributed by atoms with E-state index in [0.717, 1.165) is 98.2 Å². The molecule has 0 aromatic carbocycles. The fourth-order valence-corrected chi connectivity index (χ4v) is 6.86. The predicted molar refractivity (Wildman–Crippen MR) is 159 cm³/mol. The number of likely N-dealkylation sites (tertiary alicyclic amines) is 1. The van der Waals surface area contributed by atoms with Crippen LogP contribution < -0.4 is 21.9 Å². The first-order chi connectivity index (χ1) is 19.3. The first-order valence-corrected chi connectivity index (χ1v) is 15.2. The van der Waals surface area contributed by atoms with Crippen LogP contribution >= 0.6 is 23.4 Å². The first kappa shape index (κ1) is 27.4. The zero-order chi connectivity index (χ0) is 28.0. The number of nitrogens with one attached hydrogen (secondary N) is 2. The third-order valence-corrected chi connectivity index (χ3v) is 9.13.